The van der Waals surface area contributed by atoms with E-state index in [1.807, 2.05) is 12.2 Å². The van der Waals surface area contributed by atoms with Gasteiger partial charge in [0.05, 0.1) is 11.8 Å². The van der Waals surface area contributed by atoms with Crippen molar-refractivity contribution in [2.75, 3.05) is 13.1 Å². The highest BCUT2D eigenvalue weighted by atomic mass is 35.5. The highest BCUT2D eigenvalue weighted by Crippen LogP contribution is 2.35. The normalized spacial score (nSPS) is 20.8. The van der Waals surface area contributed by atoms with Gasteiger partial charge in [0.1, 0.15) is 6.04 Å². The Bertz CT molecular complexity index is 903. The van der Waals surface area contributed by atoms with E-state index in [0.717, 1.165) is 0 Å². The highest BCUT2D eigenvalue weighted by Gasteiger charge is 2.47. The van der Waals surface area contributed by atoms with Crippen molar-refractivity contribution in [1.29, 1.82) is 0 Å². The average molecular weight is 480 g/mol. The maximum absolute atomic E-state index is 13.2. The van der Waals surface area contributed by atoms with Gasteiger partial charge in [0, 0.05) is 41.7 Å². The van der Waals surface area contributed by atoms with E-state index in [2.05, 4.69) is 5.32 Å². The van der Waals surface area contributed by atoms with E-state index in [1.165, 1.54) is 9.80 Å². The van der Waals surface area contributed by atoms with Crippen molar-refractivity contribution in [3.8, 4) is 0 Å². The first kappa shape index (κ1) is 24.3. The summed E-state index contributed by atoms with van der Waals surface area (Å²) in [6.45, 7) is 3.86. The molecular weight excluding hydrogens is 453 g/mol. The molecule has 0 radical (unpaired) electrons. The lowest BCUT2D eigenvalue weighted by Crippen LogP contribution is -2.48. The van der Waals surface area contributed by atoms with Gasteiger partial charge >= 0.3 is 0 Å². The monoisotopic (exact) mass is 479 g/mol. The number of likely N-dealkylation sites (tertiary alicyclic amines) is 1. The zero-order valence-corrected chi connectivity index (χ0v) is 19.7. The lowest BCUT2D eigenvalue weighted by Gasteiger charge is -2.30. The molecule has 32 heavy (non-hydrogen) atoms. The summed E-state index contributed by atoms with van der Waals surface area (Å²) < 4.78 is 0. The van der Waals surface area contributed by atoms with Gasteiger partial charge in [0.15, 0.2) is 0 Å². The predicted molar refractivity (Wildman–Crippen MR) is 122 cm³/mol. The molecule has 7 nitrogen and oxygen atoms in total. The third-order valence-electron chi connectivity index (χ3n) is 6.06. The number of fused-ring (bicyclic) bond motifs is 1. The van der Waals surface area contributed by atoms with Crippen LogP contribution in [-0.2, 0) is 25.7 Å². The van der Waals surface area contributed by atoms with Crippen LogP contribution < -0.4 is 5.32 Å². The molecule has 0 spiro atoms. The number of imide groups is 1. The molecule has 0 unspecified atom stereocenters. The van der Waals surface area contributed by atoms with Crippen molar-refractivity contribution in [3.63, 3.8) is 0 Å². The van der Waals surface area contributed by atoms with Crippen molar-refractivity contribution in [2.45, 2.75) is 45.7 Å². The third kappa shape index (κ3) is 4.99. The van der Waals surface area contributed by atoms with Gasteiger partial charge in [0.25, 0.3) is 0 Å². The van der Waals surface area contributed by atoms with Crippen LogP contribution >= 0.6 is 23.2 Å². The van der Waals surface area contributed by atoms with Gasteiger partial charge in [-0.2, -0.15) is 0 Å². The lowest BCUT2D eigenvalue weighted by atomic mass is 9.85. The maximum Gasteiger partial charge on any atom is 0.242 e. The Morgan fingerprint density at radius 3 is 2.22 bits per heavy atom. The third-order valence-corrected chi connectivity index (χ3v) is 6.76. The van der Waals surface area contributed by atoms with Crippen molar-refractivity contribution in [2.24, 2.45) is 11.8 Å². The summed E-state index contributed by atoms with van der Waals surface area (Å²) in [5, 5.41) is 3.49. The molecule has 3 rings (SSSR count). The number of hydrogen-bond donors (Lipinski definition) is 1. The SMILES string of the molecule is CCNC(=O)[C@H](C)N(Cc1c(Cl)cccc1Cl)C(=O)CCN1C(=O)[C@H]2CC=CC[C@H]2C1=O. The van der Waals surface area contributed by atoms with Gasteiger partial charge in [-0.25, -0.2) is 0 Å². The molecule has 0 aromatic heterocycles. The number of likely N-dealkylation sites (N-methyl/N-ethyl adjacent to an activating group) is 1. The Kier molecular flexibility index (Phi) is 7.96. The average Bonchev–Trinajstić information content (AvgIpc) is 3.01. The summed E-state index contributed by atoms with van der Waals surface area (Å²) in [6.07, 6.45) is 4.85. The molecule has 1 heterocycles. The molecule has 1 aliphatic heterocycles. The van der Waals surface area contributed by atoms with Crippen LogP contribution in [0.2, 0.25) is 10.0 Å². The number of nitrogens with zero attached hydrogens (tertiary/aromatic N) is 2. The molecule has 1 aromatic rings. The van der Waals surface area contributed by atoms with E-state index >= 15 is 0 Å². The number of rotatable bonds is 8. The zero-order chi connectivity index (χ0) is 23.4. The van der Waals surface area contributed by atoms with Gasteiger partial charge < -0.3 is 10.2 Å². The van der Waals surface area contributed by atoms with Crippen LogP contribution in [-0.4, -0.2) is 52.6 Å². The summed E-state index contributed by atoms with van der Waals surface area (Å²) in [5.74, 6) is -1.81. The Balaban J connectivity index is 1.75. The maximum atomic E-state index is 13.2. The molecule has 0 saturated carbocycles. The smallest absolute Gasteiger partial charge is 0.242 e. The van der Waals surface area contributed by atoms with Crippen molar-refractivity contribution >= 4 is 46.8 Å². The lowest BCUT2D eigenvalue weighted by molar-refractivity contribution is -0.143. The van der Waals surface area contributed by atoms with Crippen LogP contribution in [0.25, 0.3) is 0 Å². The number of hydrogen-bond acceptors (Lipinski definition) is 4. The minimum Gasteiger partial charge on any atom is -0.355 e. The summed E-state index contributed by atoms with van der Waals surface area (Å²) in [4.78, 5) is 53.6. The highest BCUT2D eigenvalue weighted by molar-refractivity contribution is 6.36. The zero-order valence-electron chi connectivity index (χ0n) is 18.1. The van der Waals surface area contributed by atoms with Gasteiger partial charge in [-0.3, -0.25) is 24.1 Å². The first-order valence-electron chi connectivity index (χ1n) is 10.8. The second-order valence-electron chi connectivity index (χ2n) is 8.03. The van der Waals surface area contributed by atoms with Crippen molar-refractivity contribution in [1.82, 2.24) is 15.1 Å². The molecule has 1 saturated heterocycles. The molecule has 2 aliphatic rings. The minimum atomic E-state index is -0.786. The Morgan fingerprint density at radius 2 is 1.69 bits per heavy atom. The van der Waals surface area contributed by atoms with E-state index in [1.54, 1.807) is 32.0 Å². The molecule has 1 aliphatic carbocycles. The molecule has 9 heteroatoms. The summed E-state index contributed by atoms with van der Waals surface area (Å²) >= 11 is 12.6. The Morgan fingerprint density at radius 1 is 1.12 bits per heavy atom. The summed E-state index contributed by atoms with van der Waals surface area (Å²) in [5.41, 5.74) is 0.533. The molecule has 172 valence electrons. The van der Waals surface area contributed by atoms with E-state index in [-0.39, 0.29) is 55.0 Å². The Hall–Kier alpha value is -2.38. The minimum absolute atomic E-state index is 0.0155. The predicted octanol–water partition coefficient (Wildman–Crippen LogP) is 3.19. The topological polar surface area (TPSA) is 86.8 Å². The van der Waals surface area contributed by atoms with Gasteiger partial charge in [-0.15, -0.1) is 0 Å². The summed E-state index contributed by atoms with van der Waals surface area (Å²) in [7, 11) is 0. The Labute approximate surface area is 197 Å². The second kappa shape index (κ2) is 10.5. The van der Waals surface area contributed by atoms with Crippen LogP contribution in [0.15, 0.2) is 30.4 Å². The first-order valence-corrected chi connectivity index (χ1v) is 11.5. The van der Waals surface area contributed by atoms with E-state index < -0.39 is 6.04 Å². The molecule has 3 atom stereocenters. The molecule has 1 N–H and O–H groups in total. The number of carbonyl (C=O) groups excluding carboxylic acids is 4. The molecule has 4 amide bonds. The van der Waals surface area contributed by atoms with Crippen LogP contribution in [0.3, 0.4) is 0 Å². The number of halogens is 2. The van der Waals surface area contributed by atoms with E-state index in [4.69, 9.17) is 23.2 Å². The largest absolute Gasteiger partial charge is 0.355 e. The number of allylic oxidation sites excluding steroid dienone is 2. The van der Waals surface area contributed by atoms with Gasteiger partial charge in [-0.05, 0) is 38.8 Å². The fourth-order valence-corrected chi connectivity index (χ4v) is 4.72. The van der Waals surface area contributed by atoms with Crippen LogP contribution in [0, 0.1) is 11.8 Å². The van der Waals surface area contributed by atoms with Crippen LogP contribution in [0.5, 0.6) is 0 Å². The quantitative estimate of drug-likeness (QED) is 0.458. The first-order chi connectivity index (χ1) is 15.3. The van der Waals surface area contributed by atoms with Gasteiger partial charge in [0.2, 0.25) is 23.6 Å². The number of carbonyl (C=O) groups is 4. The molecule has 1 aromatic carbocycles. The van der Waals surface area contributed by atoms with Crippen molar-refractivity contribution < 1.29 is 19.2 Å². The fraction of sp³-hybridized carbons (Fsp3) is 0.478. The number of amides is 4. The molecule has 0 bridgehead atoms. The molecule has 1 fully saturated rings. The fourth-order valence-electron chi connectivity index (χ4n) is 4.20. The van der Waals surface area contributed by atoms with Crippen molar-refractivity contribution in [3.05, 3.63) is 46.0 Å². The van der Waals surface area contributed by atoms with Crippen LogP contribution in [0.4, 0.5) is 0 Å². The second-order valence-corrected chi connectivity index (χ2v) is 8.84. The number of nitrogens with one attached hydrogen (secondary N) is 1. The number of benzene rings is 1. The van der Waals surface area contributed by atoms with Gasteiger partial charge in [-0.1, -0.05) is 41.4 Å². The van der Waals surface area contributed by atoms with E-state index in [0.29, 0.717) is 35.0 Å². The van der Waals surface area contributed by atoms with Crippen LogP contribution in [0.1, 0.15) is 38.7 Å². The van der Waals surface area contributed by atoms with E-state index in [9.17, 15) is 19.2 Å². The molecular formula is C23H27Cl2N3O4. The summed E-state index contributed by atoms with van der Waals surface area (Å²) in [6, 6.07) is 4.25. The standard InChI is InChI=1S/C23H27Cl2N3O4/c1-3-26-21(30)14(2)28(13-17-18(24)9-6-10-19(17)25)20(29)11-12-27-22(31)15-7-4-5-8-16(15)23(27)32/h4-6,9-10,14-16H,3,7-8,11-13H2,1-2H3,(H,26,30)/t14-,15-,16+/m0/s1.